The van der Waals surface area contributed by atoms with Crippen molar-refractivity contribution in [2.75, 3.05) is 51.3 Å². The lowest BCUT2D eigenvalue weighted by Gasteiger charge is -2.37. The molecule has 2 aromatic carbocycles. The molecule has 0 radical (unpaired) electrons. The van der Waals surface area contributed by atoms with Crippen LogP contribution in [0.15, 0.2) is 42.5 Å². The summed E-state index contributed by atoms with van der Waals surface area (Å²) in [6, 6.07) is 14.3. The number of hydrogen-bond acceptors (Lipinski definition) is 5. The molecule has 35 heavy (non-hydrogen) atoms. The Balaban J connectivity index is 1.25. The van der Waals surface area contributed by atoms with Crippen molar-refractivity contribution in [3.05, 3.63) is 70.8 Å². The van der Waals surface area contributed by atoms with Gasteiger partial charge in [-0.3, -0.25) is 9.69 Å². The summed E-state index contributed by atoms with van der Waals surface area (Å²) in [4.78, 5) is 22.4. The Morgan fingerprint density at radius 3 is 2.40 bits per heavy atom. The van der Waals surface area contributed by atoms with Crippen LogP contribution in [0.3, 0.4) is 0 Å². The molecular weight excluding hydrogens is 438 g/mol. The zero-order valence-electron chi connectivity index (χ0n) is 21.6. The van der Waals surface area contributed by atoms with E-state index >= 15 is 0 Å². The van der Waals surface area contributed by atoms with Gasteiger partial charge in [-0.1, -0.05) is 12.1 Å². The Bertz CT molecular complexity index is 1160. The summed E-state index contributed by atoms with van der Waals surface area (Å²) >= 11 is 0. The Labute approximate surface area is 208 Å². The van der Waals surface area contributed by atoms with E-state index in [1.54, 1.807) is 7.11 Å². The first-order valence-electron chi connectivity index (χ1n) is 12.4. The highest BCUT2D eigenvalue weighted by atomic mass is 16.5. The molecule has 1 N–H and O–H groups in total. The number of anilines is 1. The second-order valence-corrected chi connectivity index (χ2v) is 9.28. The lowest BCUT2D eigenvalue weighted by atomic mass is 10.1. The molecule has 0 atom stereocenters. The first-order valence-corrected chi connectivity index (χ1v) is 12.4. The fourth-order valence-corrected chi connectivity index (χ4v) is 4.85. The number of carbonyl (C=O) groups is 1. The number of benzene rings is 2. The number of nitrogens with one attached hydrogen (secondary N) is 1. The summed E-state index contributed by atoms with van der Waals surface area (Å²) in [5.74, 6) is 1.48. The van der Waals surface area contributed by atoms with Gasteiger partial charge in [-0.15, -0.1) is 0 Å². The smallest absolute Gasteiger partial charge is 0.271 e. The van der Waals surface area contributed by atoms with E-state index in [1.165, 1.54) is 16.8 Å². The second-order valence-electron chi connectivity index (χ2n) is 9.28. The maximum atomic E-state index is 12.8. The molecule has 1 fully saturated rings. The van der Waals surface area contributed by atoms with Gasteiger partial charge in [-0.05, 0) is 82.1 Å². The normalized spacial score (nSPS) is 14.3. The topological polar surface area (TPSA) is 62.6 Å². The average molecular weight is 476 g/mol. The fraction of sp³-hybridized carbons (Fsp3) is 0.429. The molecule has 7 nitrogen and oxygen atoms in total. The molecule has 1 aliphatic rings. The Morgan fingerprint density at radius 2 is 1.71 bits per heavy atom. The van der Waals surface area contributed by atoms with E-state index in [2.05, 4.69) is 52.1 Å². The van der Waals surface area contributed by atoms with Gasteiger partial charge in [0, 0.05) is 44.1 Å². The zero-order chi connectivity index (χ0) is 24.9. The molecule has 0 spiro atoms. The Morgan fingerprint density at radius 1 is 1.00 bits per heavy atom. The van der Waals surface area contributed by atoms with Crippen LogP contribution in [0.4, 0.5) is 5.69 Å². The molecule has 4 rings (SSSR count). The molecular formula is C28H37N5O2. The number of aryl methyl sites for hydroxylation is 2. The van der Waals surface area contributed by atoms with E-state index in [4.69, 9.17) is 4.74 Å². The second kappa shape index (κ2) is 11.0. The van der Waals surface area contributed by atoms with Crippen LogP contribution in [-0.4, -0.2) is 66.7 Å². The van der Waals surface area contributed by atoms with Crippen molar-refractivity contribution in [2.24, 2.45) is 0 Å². The third-order valence-corrected chi connectivity index (χ3v) is 7.05. The summed E-state index contributed by atoms with van der Waals surface area (Å²) in [6.45, 7) is 14.1. The van der Waals surface area contributed by atoms with Crippen molar-refractivity contribution in [1.82, 2.24) is 19.8 Å². The number of imidazole rings is 1. The number of hydrogen-bond donors (Lipinski definition) is 1. The highest BCUT2D eigenvalue weighted by molar-refractivity contribution is 5.93. The summed E-state index contributed by atoms with van der Waals surface area (Å²) in [7, 11) is 1.65. The summed E-state index contributed by atoms with van der Waals surface area (Å²) < 4.78 is 7.25. The molecule has 0 bridgehead atoms. The molecule has 2 heterocycles. The van der Waals surface area contributed by atoms with Crippen molar-refractivity contribution in [1.29, 1.82) is 0 Å². The maximum Gasteiger partial charge on any atom is 0.271 e. The van der Waals surface area contributed by atoms with Crippen LogP contribution in [0.2, 0.25) is 0 Å². The monoisotopic (exact) mass is 475 g/mol. The molecule has 0 aliphatic carbocycles. The fourth-order valence-electron chi connectivity index (χ4n) is 4.85. The molecule has 7 heteroatoms. The number of methoxy groups -OCH3 is 1. The first kappa shape index (κ1) is 24.8. The lowest BCUT2D eigenvalue weighted by molar-refractivity contribution is 0.0946. The lowest BCUT2D eigenvalue weighted by Crippen LogP contribution is -2.47. The molecule has 1 aromatic heterocycles. The number of ether oxygens (including phenoxy) is 1. The van der Waals surface area contributed by atoms with E-state index in [9.17, 15) is 4.79 Å². The first-order chi connectivity index (χ1) is 16.9. The average Bonchev–Trinajstić information content (AvgIpc) is 3.17. The third kappa shape index (κ3) is 5.51. The number of carbonyl (C=O) groups excluding carboxylic acids is 1. The van der Waals surface area contributed by atoms with Crippen LogP contribution in [-0.2, 0) is 0 Å². The van der Waals surface area contributed by atoms with Crippen LogP contribution in [0.25, 0.3) is 5.69 Å². The van der Waals surface area contributed by atoms with Crippen molar-refractivity contribution in [2.45, 2.75) is 34.1 Å². The molecule has 1 saturated heterocycles. The van der Waals surface area contributed by atoms with Gasteiger partial charge in [-0.25, -0.2) is 4.98 Å². The van der Waals surface area contributed by atoms with Crippen LogP contribution < -0.4 is 15.0 Å². The predicted molar refractivity (Wildman–Crippen MR) is 141 cm³/mol. The summed E-state index contributed by atoms with van der Waals surface area (Å²) in [5.41, 5.74) is 6.38. The maximum absolute atomic E-state index is 12.8. The van der Waals surface area contributed by atoms with Crippen LogP contribution in [0.5, 0.6) is 5.75 Å². The van der Waals surface area contributed by atoms with Crippen molar-refractivity contribution in [3.63, 3.8) is 0 Å². The van der Waals surface area contributed by atoms with Gasteiger partial charge in [0.25, 0.3) is 5.91 Å². The molecule has 186 valence electrons. The molecule has 1 amide bonds. The largest absolute Gasteiger partial charge is 0.497 e. The van der Waals surface area contributed by atoms with E-state index in [-0.39, 0.29) is 5.91 Å². The number of nitrogens with zero attached hydrogens (tertiary/aromatic N) is 4. The van der Waals surface area contributed by atoms with Gasteiger partial charge in [0.15, 0.2) is 0 Å². The van der Waals surface area contributed by atoms with Crippen molar-refractivity contribution >= 4 is 11.6 Å². The Kier molecular flexibility index (Phi) is 7.76. The third-order valence-electron chi connectivity index (χ3n) is 7.05. The van der Waals surface area contributed by atoms with Crippen molar-refractivity contribution in [3.8, 4) is 11.4 Å². The molecule has 1 aliphatic heterocycles. The minimum absolute atomic E-state index is 0.113. The Hall–Kier alpha value is -3.32. The summed E-state index contributed by atoms with van der Waals surface area (Å²) in [5, 5.41) is 3.07. The van der Waals surface area contributed by atoms with Crippen molar-refractivity contribution < 1.29 is 9.53 Å². The van der Waals surface area contributed by atoms with Gasteiger partial charge < -0.3 is 19.5 Å². The minimum Gasteiger partial charge on any atom is -0.497 e. The molecule has 0 unspecified atom stereocenters. The van der Waals surface area contributed by atoms with Gasteiger partial charge in [-0.2, -0.15) is 0 Å². The van der Waals surface area contributed by atoms with Crippen LogP contribution in [0, 0.1) is 27.7 Å². The SMILES string of the molecule is COc1ccc(-n2c(C)nc(C(=O)NCCCN3CCN(c4cccc(C)c4C)CC3)c2C)cc1. The molecule has 3 aromatic rings. The van der Waals surface area contributed by atoms with E-state index in [0.29, 0.717) is 12.2 Å². The number of rotatable bonds is 8. The number of aromatic nitrogens is 2. The van der Waals surface area contributed by atoms with E-state index in [0.717, 1.165) is 62.1 Å². The van der Waals surface area contributed by atoms with Gasteiger partial charge in [0.2, 0.25) is 0 Å². The quantitative estimate of drug-likeness (QED) is 0.498. The zero-order valence-corrected chi connectivity index (χ0v) is 21.6. The summed E-state index contributed by atoms with van der Waals surface area (Å²) in [6.07, 6.45) is 0.923. The van der Waals surface area contributed by atoms with Crippen LogP contribution in [0.1, 0.15) is 39.6 Å². The highest BCUT2D eigenvalue weighted by Gasteiger charge is 2.20. The van der Waals surface area contributed by atoms with Gasteiger partial charge in [0.1, 0.15) is 17.3 Å². The standard InChI is InChI=1S/C28H37N5O2/c1-20-8-6-9-26(21(20)2)32-18-16-31(17-19-32)15-7-14-29-28(34)27-22(3)33(23(4)30-27)24-10-12-25(35-5)13-11-24/h6,8-13H,7,14-19H2,1-5H3,(H,29,34). The van der Waals surface area contributed by atoms with Crippen LogP contribution >= 0.6 is 0 Å². The minimum atomic E-state index is -0.113. The van der Waals surface area contributed by atoms with Gasteiger partial charge >= 0.3 is 0 Å². The molecule has 0 saturated carbocycles. The van der Waals surface area contributed by atoms with Gasteiger partial charge in [0.05, 0.1) is 12.8 Å². The van der Waals surface area contributed by atoms with E-state index < -0.39 is 0 Å². The number of piperazine rings is 1. The predicted octanol–water partition coefficient (Wildman–Crippen LogP) is 4.06. The number of amides is 1. The highest BCUT2D eigenvalue weighted by Crippen LogP contribution is 2.24. The van der Waals surface area contributed by atoms with E-state index in [1.807, 2.05) is 42.7 Å².